The first-order valence-corrected chi connectivity index (χ1v) is 6.39. The van der Waals surface area contributed by atoms with Crippen molar-refractivity contribution in [2.75, 3.05) is 26.3 Å². The van der Waals surface area contributed by atoms with Crippen LogP contribution in [0.2, 0.25) is 0 Å². The molecule has 0 spiro atoms. The number of hydrogen-bond acceptors (Lipinski definition) is 3. The van der Waals surface area contributed by atoms with E-state index in [9.17, 15) is 9.59 Å². The molecule has 1 rings (SSSR count). The Morgan fingerprint density at radius 2 is 2.28 bits per heavy atom. The van der Waals surface area contributed by atoms with Gasteiger partial charge in [0.2, 0.25) is 0 Å². The molecule has 1 saturated heterocycles. The first kappa shape index (κ1) is 14.8. The number of rotatable bonds is 6. The van der Waals surface area contributed by atoms with Crippen LogP contribution < -0.4 is 5.32 Å². The third-order valence-corrected chi connectivity index (χ3v) is 3.13. The van der Waals surface area contributed by atoms with Crippen LogP contribution in [0.15, 0.2) is 0 Å². The summed E-state index contributed by atoms with van der Waals surface area (Å²) in [6.07, 6.45) is 1.68. The summed E-state index contributed by atoms with van der Waals surface area (Å²) in [6.45, 7) is 5.44. The van der Waals surface area contributed by atoms with Gasteiger partial charge in [-0.3, -0.25) is 4.79 Å². The molecule has 2 atom stereocenters. The number of nitrogens with one attached hydrogen (secondary N) is 1. The van der Waals surface area contributed by atoms with Crippen molar-refractivity contribution in [1.29, 1.82) is 0 Å². The highest BCUT2D eigenvalue weighted by Gasteiger charge is 2.25. The molecule has 1 aliphatic heterocycles. The van der Waals surface area contributed by atoms with E-state index in [0.717, 1.165) is 19.4 Å². The zero-order valence-corrected chi connectivity index (χ0v) is 11.0. The number of urea groups is 1. The first-order valence-electron chi connectivity index (χ1n) is 6.39. The Hall–Kier alpha value is -1.30. The molecule has 0 radical (unpaired) electrons. The predicted octanol–water partition coefficient (Wildman–Crippen LogP) is 0.918. The standard InChI is InChI=1S/C12H22N2O4/c1-3-5-14(7-11(15)16)12(17)13-9(2)10-4-6-18-8-10/h9-10H,3-8H2,1-2H3,(H,13,17)(H,15,16). The van der Waals surface area contributed by atoms with E-state index in [4.69, 9.17) is 9.84 Å². The summed E-state index contributed by atoms with van der Waals surface area (Å²) in [7, 11) is 0. The molecule has 18 heavy (non-hydrogen) atoms. The van der Waals surface area contributed by atoms with Crippen LogP contribution >= 0.6 is 0 Å². The van der Waals surface area contributed by atoms with Crippen molar-refractivity contribution in [2.24, 2.45) is 5.92 Å². The Balaban J connectivity index is 2.46. The molecule has 2 N–H and O–H groups in total. The predicted molar refractivity (Wildman–Crippen MR) is 66.4 cm³/mol. The van der Waals surface area contributed by atoms with E-state index in [0.29, 0.717) is 19.1 Å². The quantitative estimate of drug-likeness (QED) is 0.742. The van der Waals surface area contributed by atoms with Crippen molar-refractivity contribution >= 4 is 12.0 Å². The second kappa shape index (κ2) is 7.20. The number of ether oxygens (including phenoxy) is 1. The summed E-state index contributed by atoms with van der Waals surface area (Å²) in [5, 5.41) is 11.6. The largest absolute Gasteiger partial charge is 0.480 e. The second-order valence-corrected chi connectivity index (χ2v) is 4.68. The van der Waals surface area contributed by atoms with Gasteiger partial charge in [-0.1, -0.05) is 6.92 Å². The number of aliphatic carboxylic acids is 1. The van der Waals surface area contributed by atoms with E-state index >= 15 is 0 Å². The van der Waals surface area contributed by atoms with Gasteiger partial charge < -0.3 is 20.1 Å². The normalized spacial score (nSPS) is 20.4. The summed E-state index contributed by atoms with van der Waals surface area (Å²) in [6, 6.07) is -0.299. The fourth-order valence-corrected chi connectivity index (χ4v) is 2.04. The average molecular weight is 258 g/mol. The van der Waals surface area contributed by atoms with Crippen LogP contribution in [0.1, 0.15) is 26.7 Å². The van der Waals surface area contributed by atoms with Gasteiger partial charge in [-0.25, -0.2) is 4.79 Å². The summed E-state index contributed by atoms with van der Waals surface area (Å²) in [4.78, 5) is 24.0. The van der Waals surface area contributed by atoms with E-state index in [-0.39, 0.29) is 18.6 Å². The van der Waals surface area contributed by atoms with Gasteiger partial charge in [-0.05, 0) is 19.8 Å². The monoisotopic (exact) mass is 258 g/mol. The van der Waals surface area contributed by atoms with E-state index in [2.05, 4.69) is 5.32 Å². The molecular formula is C12H22N2O4. The molecule has 6 nitrogen and oxygen atoms in total. The highest BCUT2D eigenvalue weighted by Crippen LogP contribution is 2.16. The maximum atomic E-state index is 11.9. The van der Waals surface area contributed by atoms with Crippen LogP contribution in [0.5, 0.6) is 0 Å². The molecule has 0 aromatic carbocycles. The minimum absolute atomic E-state index is 0.00755. The van der Waals surface area contributed by atoms with Crippen LogP contribution in [0.25, 0.3) is 0 Å². The second-order valence-electron chi connectivity index (χ2n) is 4.68. The summed E-state index contributed by atoms with van der Waals surface area (Å²) in [5.41, 5.74) is 0. The Bertz CT molecular complexity index is 290. The van der Waals surface area contributed by atoms with E-state index < -0.39 is 5.97 Å². The van der Waals surface area contributed by atoms with Crippen molar-refractivity contribution in [3.63, 3.8) is 0 Å². The molecule has 0 aliphatic carbocycles. The molecule has 104 valence electrons. The third kappa shape index (κ3) is 4.52. The summed E-state index contributed by atoms with van der Waals surface area (Å²) < 4.78 is 5.27. The zero-order valence-electron chi connectivity index (χ0n) is 11.0. The molecular weight excluding hydrogens is 236 g/mol. The zero-order chi connectivity index (χ0) is 13.5. The molecule has 2 amide bonds. The lowest BCUT2D eigenvalue weighted by Gasteiger charge is -2.25. The van der Waals surface area contributed by atoms with E-state index in [1.807, 2.05) is 13.8 Å². The fourth-order valence-electron chi connectivity index (χ4n) is 2.04. The van der Waals surface area contributed by atoms with E-state index in [1.54, 1.807) is 0 Å². The maximum absolute atomic E-state index is 11.9. The number of carboxylic acid groups (broad SMARTS) is 1. The Labute approximate surface area is 107 Å². The van der Waals surface area contributed by atoms with Gasteiger partial charge in [0.1, 0.15) is 6.54 Å². The highest BCUT2D eigenvalue weighted by atomic mass is 16.5. The van der Waals surface area contributed by atoms with Gasteiger partial charge in [-0.2, -0.15) is 0 Å². The maximum Gasteiger partial charge on any atom is 0.323 e. The third-order valence-electron chi connectivity index (χ3n) is 3.13. The first-order chi connectivity index (χ1) is 8.54. The summed E-state index contributed by atoms with van der Waals surface area (Å²) in [5.74, 6) is -0.669. The smallest absolute Gasteiger partial charge is 0.323 e. The van der Waals surface area contributed by atoms with Crippen molar-refractivity contribution in [3.05, 3.63) is 0 Å². The molecule has 1 heterocycles. The minimum atomic E-state index is -0.990. The molecule has 2 unspecified atom stereocenters. The van der Waals surface area contributed by atoms with Gasteiger partial charge in [0.05, 0.1) is 6.61 Å². The molecule has 0 bridgehead atoms. The van der Waals surface area contributed by atoms with Gasteiger partial charge in [0, 0.05) is 25.1 Å². The average Bonchev–Trinajstić information content (AvgIpc) is 2.81. The molecule has 6 heteroatoms. The van der Waals surface area contributed by atoms with Crippen molar-refractivity contribution in [1.82, 2.24) is 10.2 Å². The number of carboxylic acids is 1. The van der Waals surface area contributed by atoms with Crippen LogP contribution in [-0.2, 0) is 9.53 Å². The van der Waals surface area contributed by atoms with Crippen molar-refractivity contribution in [3.8, 4) is 0 Å². The molecule has 0 saturated carbocycles. The lowest BCUT2D eigenvalue weighted by Crippen LogP contribution is -2.48. The Morgan fingerprint density at radius 1 is 1.56 bits per heavy atom. The van der Waals surface area contributed by atoms with Crippen LogP contribution in [0.3, 0.4) is 0 Å². The number of carbonyl (C=O) groups excluding carboxylic acids is 1. The molecule has 0 aromatic rings. The van der Waals surface area contributed by atoms with Crippen LogP contribution in [0, 0.1) is 5.92 Å². The number of amides is 2. The number of carbonyl (C=O) groups is 2. The number of nitrogens with zero attached hydrogens (tertiary/aromatic N) is 1. The fraction of sp³-hybridized carbons (Fsp3) is 0.833. The topological polar surface area (TPSA) is 78.9 Å². The molecule has 1 aliphatic rings. The van der Waals surface area contributed by atoms with Gasteiger partial charge in [-0.15, -0.1) is 0 Å². The van der Waals surface area contributed by atoms with Gasteiger partial charge in [0.15, 0.2) is 0 Å². The lowest BCUT2D eigenvalue weighted by molar-refractivity contribution is -0.137. The summed E-state index contributed by atoms with van der Waals surface area (Å²) >= 11 is 0. The van der Waals surface area contributed by atoms with Crippen LogP contribution in [-0.4, -0.2) is 54.4 Å². The SMILES string of the molecule is CCCN(CC(=O)O)C(=O)NC(C)C1CCOC1. The van der Waals surface area contributed by atoms with Crippen LogP contribution in [0.4, 0.5) is 4.79 Å². The molecule has 1 fully saturated rings. The Kier molecular flexibility index (Phi) is 5.91. The van der Waals surface area contributed by atoms with Gasteiger partial charge >= 0.3 is 12.0 Å². The number of hydrogen-bond donors (Lipinski definition) is 2. The highest BCUT2D eigenvalue weighted by molar-refractivity contribution is 5.80. The van der Waals surface area contributed by atoms with Gasteiger partial charge in [0.25, 0.3) is 0 Å². The molecule has 0 aromatic heterocycles. The van der Waals surface area contributed by atoms with Crippen molar-refractivity contribution < 1.29 is 19.4 Å². The van der Waals surface area contributed by atoms with Crippen molar-refractivity contribution in [2.45, 2.75) is 32.7 Å². The lowest BCUT2D eigenvalue weighted by atomic mass is 10.0. The Morgan fingerprint density at radius 3 is 2.78 bits per heavy atom. The minimum Gasteiger partial charge on any atom is -0.480 e. The van der Waals surface area contributed by atoms with E-state index in [1.165, 1.54) is 4.90 Å².